The van der Waals surface area contributed by atoms with E-state index in [-0.39, 0.29) is 0 Å². The summed E-state index contributed by atoms with van der Waals surface area (Å²) in [5, 5.41) is 7.47. The van der Waals surface area contributed by atoms with Crippen molar-refractivity contribution < 1.29 is 4.74 Å². The molecule has 3 atom stereocenters. The van der Waals surface area contributed by atoms with Gasteiger partial charge in [-0.05, 0) is 44.0 Å². The van der Waals surface area contributed by atoms with Crippen molar-refractivity contribution in [2.24, 2.45) is 5.92 Å². The van der Waals surface area contributed by atoms with Crippen molar-refractivity contribution >= 4 is 0 Å². The van der Waals surface area contributed by atoms with Crippen LogP contribution in [0.1, 0.15) is 30.4 Å². The lowest BCUT2D eigenvalue weighted by molar-refractivity contribution is 0.0524. The number of nitrogens with zero attached hydrogens (tertiary/aromatic N) is 1. The van der Waals surface area contributed by atoms with Gasteiger partial charge in [-0.25, -0.2) is 0 Å². The van der Waals surface area contributed by atoms with Crippen LogP contribution < -0.4 is 10.6 Å². The molecule has 4 nitrogen and oxygen atoms in total. The number of hydrogen-bond donors (Lipinski definition) is 2. The van der Waals surface area contributed by atoms with Crippen LogP contribution in [-0.2, 0) is 17.8 Å². The van der Waals surface area contributed by atoms with Crippen molar-refractivity contribution in [1.29, 1.82) is 0 Å². The molecule has 1 heterocycles. The topological polar surface area (TPSA) is 36.5 Å². The smallest absolute Gasteiger partial charge is 0.0623 e. The average Bonchev–Trinajstić information content (AvgIpc) is 3.02. The zero-order valence-corrected chi connectivity index (χ0v) is 14.6. The summed E-state index contributed by atoms with van der Waals surface area (Å²) in [6.07, 6.45) is 3.95. The molecule has 0 radical (unpaired) electrons. The van der Waals surface area contributed by atoms with Crippen LogP contribution in [-0.4, -0.2) is 50.8 Å². The molecule has 0 spiro atoms. The molecule has 23 heavy (non-hydrogen) atoms. The molecule has 3 rings (SSSR count). The third kappa shape index (κ3) is 4.77. The molecule has 1 aliphatic carbocycles. The zero-order chi connectivity index (χ0) is 16.1. The van der Waals surface area contributed by atoms with Gasteiger partial charge in [-0.15, -0.1) is 0 Å². The largest absolute Gasteiger partial charge is 0.379 e. The lowest BCUT2D eigenvalue weighted by atomic mass is 9.94. The van der Waals surface area contributed by atoms with Crippen LogP contribution in [0.5, 0.6) is 0 Å². The van der Waals surface area contributed by atoms with Crippen molar-refractivity contribution in [3.8, 4) is 0 Å². The molecule has 1 saturated heterocycles. The van der Waals surface area contributed by atoms with Crippen LogP contribution in [0.4, 0.5) is 0 Å². The minimum atomic E-state index is 0.531. The Labute approximate surface area is 140 Å². The van der Waals surface area contributed by atoms with E-state index in [1.807, 2.05) is 0 Å². The van der Waals surface area contributed by atoms with Gasteiger partial charge in [0, 0.05) is 31.7 Å². The molecule has 4 heteroatoms. The molecule has 128 valence electrons. The molecule has 0 bridgehead atoms. The summed E-state index contributed by atoms with van der Waals surface area (Å²) in [7, 11) is 4.24. The Morgan fingerprint density at radius 2 is 2.13 bits per heavy atom. The van der Waals surface area contributed by atoms with Gasteiger partial charge in [0.1, 0.15) is 0 Å². The van der Waals surface area contributed by atoms with Gasteiger partial charge in [-0.3, -0.25) is 0 Å². The Morgan fingerprint density at radius 3 is 2.91 bits per heavy atom. The molecular formula is C19H31N3O. The molecule has 0 amide bonds. The van der Waals surface area contributed by atoms with Crippen molar-refractivity contribution in [1.82, 2.24) is 15.5 Å². The fraction of sp³-hybridized carbons (Fsp3) is 0.684. The summed E-state index contributed by atoms with van der Waals surface area (Å²) in [4.78, 5) is 2.22. The van der Waals surface area contributed by atoms with Crippen molar-refractivity contribution in [3.05, 3.63) is 35.4 Å². The summed E-state index contributed by atoms with van der Waals surface area (Å²) in [5.74, 6) is 0.709. The third-order valence-corrected chi connectivity index (χ3v) is 5.10. The van der Waals surface area contributed by atoms with Crippen LogP contribution in [0.3, 0.4) is 0 Å². The molecular weight excluding hydrogens is 286 g/mol. The zero-order valence-electron chi connectivity index (χ0n) is 14.6. The number of morpholine rings is 1. The molecule has 3 unspecified atom stereocenters. The summed E-state index contributed by atoms with van der Waals surface area (Å²) in [6, 6.07) is 10.1. The molecule has 0 aromatic heterocycles. The Hall–Kier alpha value is -0.940. The Kier molecular flexibility index (Phi) is 6.06. The summed E-state index contributed by atoms with van der Waals surface area (Å²) in [5.41, 5.74) is 2.78. The minimum Gasteiger partial charge on any atom is -0.379 e. The first-order chi connectivity index (χ1) is 11.2. The highest BCUT2D eigenvalue weighted by Crippen LogP contribution is 2.29. The van der Waals surface area contributed by atoms with Gasteiger partial charge in [0.2, 0.25) is 0 Å². The van der Waals surface area contributed by atoms with E-state index >= 15 is 0 Å². The second-order valence-corrected chi connectivity index (χ2v) is 7.28. The number of ether oxygens (including phenoxy) is 1. The summed E-state index contributed by atoms with van der Waals surface area (Å²) < 4.78 is 5.66. The molecule has 1 aliphatic heterocycles. The minimum absolute atomic E-state index is 0.531. The van der Waals surface area contributed by atoms with E-state index in [0.717, 1.165) is 32.8 Å². The van der Waals surface area contributed by atoms with Crippen molar-refractivity contribution in [2.75, 3.05) is 33.9 Å². The molecule has 1 aromatic carbocycles. The quantitative estimate of drug-likeness (QED) is 0.841. The SMILES string of the molecule is CN(C)Cc1cccc(CNC2CCCC2C2COCCN2)c1. The fourth-order valence-electron chi connectivity index (χ4n) is 4.04. The van der Waals surface area contributed by atoms with Gasteiger partial charge in [-0.1, -0.05) is 30.7 Å². The first-order valence-corrected chi connectivity index (χ1v) is 8.99. The molecule has 2 fully saturated rings. The maximum absolute atomic E-state index is 5.66. The van der Waals surface area contributed by atoms with Gasteiger partial charge >= 0.3 is 0 Å². The molecule has 1 saturated carbocycles. The predicted octanol–water partition coefficient (Wildman–Crippen LogP) is 1.99. The van der Waals surface area contributed by atoms with Gasteiger partial charge in [0.15, 0.2) is 0 Å². The third-order valence-electron chi connectivity index (χ3n) is 5.10. The fourth-order valence-corrected chi connectivity index (χ4v) is 4.04. The summed E-state index contributed by atoms with van der Waals surface area (Å²) >= 11 is 0. The highest BCUT2D eigenvalue weighted by molar-refractivity contribution is 5.23. The van der Waals surface area contributed by atoms with E-state index in [4.69, 9.17) is 4.74 Å². The Balaban J connectivity index is 1.54. The first kappa shape index (κ1) is 16.9. The number of benzene rings is 1. The maximum atomic E-state index is 5.66. The van der Waals surface area contributed by atoms with Crippen LogP contribution in [0.15, 0.2) is 24.3 Å². The molecule has 1 aromatic rings. The van der Waals surface area contributed by atoms with Gasteiger partial charge in [-0.2, -0.15) is 0 Å². The second kappa shape index (κ2) is 8.25. The average molecular weight is 317 g/mol. The highest BCUT2D eigenvalue weighted by atomic mass is 16.5. The van der Waals surface area contributed by atoms with E-state index in [9.17, 15) is 0 Å². The second-order valence-electron chi connectivity index (χ2n) is 7.28. The highest BCUT2D eigenvalue weighted by Gasteiger charge is 2.34. The van der Waals surface area contributed by atoms with Crippen molar-refractivity contribution in [2.45, 2.75) is 44.4 Å². The molecule has 2 aliphatic rings. The first-order valence-electron chi connectivity index (χ1n) is 8.99. The van der Waals surface area contributed by atoms with Gasteiger partial charge in [0.25, 0.3) is 0 Å². The monoisotopic (exact) mass is 317 g/mol. The standard InChI is InChI=1S/C19H31N3O/c1-22(2)13-16-6-3-5-15(11-16)12-21-18-8-4-7-17(18)19-14-23-10-9-20-19/h3,5-6,11,17-21H,4,7-10,12-14H2,1-2H3. The van der Waals surface area contributed by atoms with E-state index in [0.29, 0.717) is 18.0 Å². The van der Waals surface area contributed by atoms with Crippen LogP contribution in [0.2, 0.25) is 0 Å². The van der Waals surface area contributed by atoms with E-state index in [2.05, 4.69) is 53.9 Å². The Morgan fingerprint density at radius 1 is 1.26 bits per heavy atom. The number of nitrogens with one attached hydrogen (secondary N) is 2. The maximum Gasteiger partial charge on any atom is 0.0623 e. The van der Waals surface area contributed by atoms with Crippen LogP contribution in [0, 0.1) is 5.92 Å². The number of rotatable bonds is 6. The number of hydrogen-bond acceptors (Lipinski definition) is 4. The Bertz CT molecular complexity index is 485. The summed E-state index contributed by atoms with van der Waals surface area (Å²) in [6.45, 7) is 4.71. The van der Waals surface area contributed by atoms with Crippen molar-refractivity contribution in [3.63, 3.8) is 0 Å². The van der Waals surface area contributed by atoms with Gasteiger partial charge < -0.3 is 20.3 Å². The lowest BCUT2D eigenvalue weighted by Gasteiger charge is -2.33. The molecule has 2 N–H and O–H groups in total. The predicted molar refractivity (Wildman–Crippen MR) is 94.4 cm³/mol. The van der Waals surface area contributed by atoms with Gasteiger partial charge in [0.05, 0.1) is 13.2 Å². The normalized spacial score (nSPS) is 28.4. The van der Waals surface area contributed by atoms with Crippen LogP contribution >= 0.6 is 0 Å². The van der Waals surface area contributed by atoms with E-state index < -0.39 is 0 Å². The van der Waals surface area contributed by atoms with E-state index in [1.54, 1.807) is 0 Å². The van der Waals surface area contributed by atoms with E-state index in [1.165, 1.54) is 30.4 Å². The lowest BCUT2D eigenvalue weighted by Crippen LogP contribution is -2.50. The van der Waals surface area contributed by atoms with Crippen LogP contribution in [0.25, 0.3) is 0 Å².